The van der Waals surface area contributed by atoms with Crippen molar-refractivity contribution in [1.82, 2.24) is 4.72 Å². The maximum Gasteiger partial charge on any atom is 0.226 e. The van der Waals surface area contributed by atoms with Crippen molar-refractivity contribution >= 4 is 21.6 Å². The fourth-order valence-corrected chi connectivity index (χ4v) is 3.05. The molecule has 0 bridgehead atoms. The van der Waals surface area contributed by atoms with E-state index >= 15 is 0 Å². The molecular weight excluding hydrogens is 347 g/mol. The number of methoxy groups -OCH3 is 1. The summed E-state index contributed by atoms with van der Waals surface area (Å²) < 4.78 is 43.8. The maximum atomic E-state index is 13.1. The number of para-hydroxylation sites is 2. The van der Waals surface area contributed by atoms with Crippen LogP contribution in [0.3, 0.4) is 0 Å². The zero-order valence-corrected chi connectivity index (χ0v) is 14.6. The highest BCUT2D eigenvalue weighted by atomic mass is 32.2. The standard InChI is InChI=1S/C17H19FN2O4S/c1-24-16-6-4-3-5-14(16)19-17(21)11-15(20-25(2,22)23)12-7-9-13(18)10-8-12/h3-10,15,20H,11H2,1-2H3,(H,19,21). The smallest absolute Gasteiger partial charge is 0.226 e. The van der Waals surface area contributed by atoms with Crippen LogP contribution in [0.5, 0.6) is 5.75 Å². The number of hydrogen-bond acceptors (Lipinski definition) is 4. The second-order valence-corrected chi connectivity index (χ2v) is 7.23. The molecule has 2 rings (SSSR count). The third-order valence-electron chi connectivity index (χ3n) is 3.40. The molecule has 25 heavy (non-hydrogen) atoms. The van der Waals surface area contributed by atoms with Crippen molar-refractivity contribution in [2.45, 2.75) is 12.5 Å². The molecule has 0 aliphatic rings. The minimum absolute atomic E-state index is 0.156. The highest BCUT2D eigenvalue weighted by Crippen LogP contribution is 2.25. The number of carbonyl (C=O) groups excluding carboxylic acids is 1. The van der Waals surface area contributed by atoms with Crippen LogP contribution in [0.25, 0.3) is 0 Å². The molecule has 1 amide bonds. The highest BCUT2D eigenvalue weighted by Gasteiger charge is 2.20. The molecular formula is C17H19FN2O4S. The van der Waals surface area contributed by atoms with Crippen molar-refractivity contribution in [2.24, 2.45) is 0 Å². The van der Waals surface area contributed by atoms with Crippen LogP contribution in [0.15, 0.2) is 48.5 Å². The number of carbonyl (C=O) groups is 1. The van der Waals surface area contributed by atoms with Crippen LogP contribution in [0, 0.1) is 5.82 Å². The average Bonchev–Trinajstić information content (AvgIpc) is 2.54. The van der Waals surface area contributed by atoms with Crippen LogP contribution in [-0.4, -0.2) is 27.7 Å². The second kappa shape index (κ2) is 8.09. The van der Waals surface area contributed by atoms with Gasteiger partial charge in [0.2, 0.25) is 15.9 Å². The van der Waals surface area contributed by atoms with Gasteiger partial charge in [0.05, 0.1) is 25.1 Å². The predicted molar refractivity (Wildman–Crippen MR) is 93.4 cm³/mol. The molecule has 0 saturated carbocycles. The minimum atomic E-state index is -3.56. The van der Waals surface area contributed by atoms with Crippen LogP contribution >= 0.6 is 0 Å². The topological polar surface area (TPSA) is 84.5 Å². The zero-order valence-electron chi connectivity index (χ0n) is 13.8. The van der Waals surface area contributed by atoms with Crippen molar-refractivity contribution in [2.75, 3.05) is 18.7 Å². The highest BCUT2D eigenvalue weighted by molar-refractivity contribution is 7.88. The molecule has 6 nitrogen and oxygen atoms in total. The molecule has 8 heteroatoms. The van der Waals surface area contributed by atoms with Gasteiger partial charge in [-0.2, -0.15) is 0 Å². The number of benzene rings is 2. The van der Waals surface area contributed by atoms with Gasteiger partial charge in [-0.15, -0.1) is 0 Å². The third-order valence-corrected chi connectivity index (χ3v) is 4.11. The first kappa shape index (κ1) is 18.9. The Morgan fingerprint density at radius 3 is 2.40 bits per heavy atom. The quantitative estimate of drug-likeness (QED) is 0.788. The number of hydrogen-bond donors (Lipinski definition) is 2. The largest absolute Gasteiger partial charge is 0.495 e. The van der Waals surface area contributed by atoms with E-state index in [1.807, 2.05) is 0 Å². The molecule has 1 unspecified atom stereocenters. The zero-order chi connectivity index (χ0) is 18.4. The van der Waals surface area contributed by atoms with Crippen molar-refractivity contribution in [3.05, 3.63) is 59.9 Å². The number of rotatable bonds is 7. The summed E-state index contributed by atoms with van der Waals surface area (Å²) in [5.74, 6) is -0.361. The van der Waals surface area contributed by atoms with E-state index < -0.39 is 27.8 Å². The number of amides is 1. The Morgan fingerprint density at radius 1 is 1.16 bits per heavy atom. The molecule has 1 atom stereocenters. The van der Waals surface area contributed by atoms with Gasteiger partial charge in [0.1, 0.15) is 11.6 Å². The van der Waals surface area contributed by atoms with E-state index in [9.17, 15) is 17.6 Å². The summed E-state index contributed by atoms with van der Waals surface area (Å²) in [4.78, 5) is 12.3. The molecule has 0 aliphatic carbocycles. The molecule has 0 heterocycles. The molecule has 0 spiro atoms. The number of halogens is 1. The molecule has 0 radical (unpaired) electrons. The maximum absolute atomic E-state index is 13.1. The monoisotopic (exact) mass is 366 g/mol. The molecule has 2 aromatic rings. The number of sulfonamides is 1. The summed E-state index contributed by atoms with van der Waals surface area (Å²) in [6.07, 6.45) is 0.846. The summed E-state index contributed by atoms with van der Waals surface area (Å²) in [5, 5.41) is 2.69. The third kappa shape index (κ3) is 5.84. The molecule has 2 aromatic carbocycles. The summed E-state index contributed by atoms with van der Waals surface area (Å²) in [5.41, 5.74) is 0.967. The average molecular weight is 366 g/mol. The Bertz CT molecular complexity index is 838. The van der Waals surface area contributed by atoms with Gasteiger partial charge in [-0.1, -0.05) is 24.3 Å². The number of nitrogens with one attached hydrogen (secondary N) is 2. The Balaban J connectivity index is 2.18. The van der Waals surface area contributed by atoms with E-state index in [0.717, 1.165) is 6.26 Å². The van der Waals surface area contributed by atoms with Crippen LogP contribution in [0.2, 0.25) is 0 Å². The van der Waals surface area contributed by atoms with Gasteiger partial charge in [0.25, 0.3) is 0 Å². The summed E-state index contributed by atoms with van der Waals surface area (Å²) in [6, 6.07) is 11.4. The van der Waals surface area contributed by atoms with Crippen molar-refractivity contribution < 1.29 is 22.3 Å². The Kier molecular flexibility index (Phi) is 6.11. The van der Waals surface area contributed by atoms with E-state index in [1.165, 1.54) is 31.4 Å². The molecule has 0 aliphatic heterocycles. The first-order chi connectivity index (χ1) is 11.8. The Morgan fingerprint density at radius 2 is 1.80 bits per heavy atom. The van der Waals surface area contributed by atoms with E-state index in [2.05, 4.69) is 10.0 Å². The van der Waals surface area contributed by atoms with Gasteiger partial charge < -0.3 is 10.1 Å². The number of ether oxygens (including phenoxy) is 1. The van der Waals surface area contributed by atoms with Gasteiger partial charge in [0.15, 0.2) is 0 Å². The lowest BCUT2D eigenvalue weighted by molar-refractivity contribution is -0.116. The van der Waals surface area contributed by atoms with Gasteiger partial charge in [0, 0.05) is 6.42 Å². The fraction of sp³-hybridized carbons (Fsp3) is 0.235. The van der Waals surface area contributed by atoms with Gasteiger partial charge in [-0.05, 0) is 29.8 Å². The van der Waals surface area contributed by atoms with E-state index in [4.69, 9.17) is 4.74 Å². The summed E-state index contributed by atoms with van der Waals surface area (Å²) >= 11 is 0. The lowest BCUT2D eigenvalue weighted by Gasteiger charge is -2.18. The second-order valence-electron chi connectivity index (χ2n) is 5.45. The van der Waals surface area contributed by atoms with E-state index in [1.54, 1.807) is 24.3 Å². The van der Waals surface area contributed by atoms with Gasteiger partial charge in [-0.3, -0.25) is 4.79 Å². The van der Waals surface area contributed by atoms with Gasteiger partial charge >= 0.3 is 0 Å². The normalized spacial score (nSPS) is 12.4. The van der Waals surface area contributed by atoms with Crippen molar-refractivity contribution in [3.63, 3.8) is 0 Å². The number of anilines is 1. The van der Waals surface area contributed by atoms with E-state index in [-0.39, 0.29) is 6.42 Å². The van der Waals surface area contributed by atoms with Crippen LogP contribution in [-0.2, 0) is 14.8 Å². The minimum Gasteiger partial charge on any atom is -0.495 e. The lowest BCUT2D eigenvalue weighted by atomic mass is 10.0. The Hall–Kier alpha value is -2.45. The molecule has 0 aromatic heterocycles. The predicted octanol–water partition coefficient (Wildman–Crippen LogP) is 2.45. The van der Waals surface area contributed by atoms with E-state index in [0.29, 0.717) is 17.0 Å². The molecule has 134 valence electrons. The Labute approximate surface area is 146 Å². The summed E-state index contributed by atoms with van der Waals surface area (Å²) in [6.45, 7) is 0. The first-order valence-corrected chi connectivity index (χ1v) is 9.33. The van der Waals surface area contributed by atoms with Crippen LogP contribution < -0.4 is 14.8 Å². The van der Waals surface area contributed by atoms with Crippen molar-refractivity contribution in [1.29, 1.82) is 0 Å². The fourth-order valence-electron chi connectivity index (χ4n) is 2.32. The van der Waals surface area contributed by atoms with Crippen LogP contribution in [0.4, 0.5) is 10.1 Å². The van der Waals surface area contributed by atoms with Crippen molar-refractivity contribution in [3.8, 4) is 5.75 Å². The summed E-state index contributed by atoms with van der Waals surface area (Å²) in [7, 11) is -2.08. The van der Waals surface area contributed by atoms with Gasteiger partial charge in [-0.25, -0.2) is 17.5 Å². The lowest BCUT2D eigenvalue weighted by Crippen LogP contribution is -2.30. The molecule has 0 saturated heterocycles. The SMILES string of the molecule is COc1ccccc1NC(=O)CC(NS(C)(=O)=O)c1ccc(F)cc1. The van der Waals surface area contributed by atoms with Crippen LogP contribution in [0.1, 0.15) is 18.0 Å². The molecule has 0 fully saturated rings. The molecule has 2 N–H and O–H groups in total. The first-order valence-electron chi connectivity index (χ1n) is 7.44.